The van der Waals surface area contributed by atoms with Crippen LogP contribution in [0.25, 0.3) is 0 Å². The van der Waals surface area contributed by atoms with Crippen molar-refractivity contribution in [1.82, 2.24) is 14.7 Å². The number of hydrogen-bond donors (Lipinski definition) is 0. The summed E-state index contributed by atoms with van der Waals surface area (Å²) in [6, 6.07) is 18.0. The third kappa shape index (κ3) is 6.66. The number of carbonyl (C=O) groups is 1. The van der Waals surface area contributed by atoms with E-state index in [1.54, 1.807) is 6.07 Å². The number of piperidine rings is 1. The van der Waals surface area contributed by atoms with Gasteiger partial charge in [-0.1, -0.05) is 53.5 Å². The zero-order valence-electron chi connectivity index (χ0n) is 25.9. The number of ether oxygens (including phenoxy) is 1. The van der Waals surface area contributed by atoms with Gasteiger partial charge in [-0.2, -0.15) is 0 Å². The van der Waals surface area contributed by atoms with Crippen LogP contribution >= 0.6 is 23.2 Å². The Morgan fingerprint density at radius 1 is 0.935 bits per heavy atom. The van der Waals surface area contributed by atoms with E-state index in [-0.39, 0.29) is 45.4 Å². The predicted octanol–water partition coefficient (Wildman–Crippen LogP) is 5.42. The third-order valence-electron chi connectivity index (χ3n) is 9.72. The first-order valence-corrected chi connectivity index (χ1v) is 17.9. The molecule has 8 nitrogen and oxygen atoms in total. The molecule has 0 aromatic heterocycles. The topological polar surface area (TPSA) is 73.4 Å². The van der Waals surface area contributed by atoms with E-state index in [0.717, 1.165) is 50.1 Å². The molecular formula is C34H39Cl2FN4O4S. The van der Waals surface area contributed by atoms with Crippen LogP contribution in [0.2, 0.25) is 10.0 Å². The largest absolute Gasteiger partial charge is 0.369 e. The van der Waals surface area contributed by atoms with Gasteiger partial charge in [0.2, 0.25) is 5.91 Å². The summed E-state index contributed by atoms with van der Waals surface area (Å²) >= 11 is 12.3. The van der Waals surface area contributed by atoms with E-state index in [9.17, 15) is 17.6 Å². The molecule has 2 fully saturated rings. The molecule has 3 aromatic rings. The molecule has 3 aromatic carbocycles. The van der Waals surface area contributed by atoms with Crippen molar-refractivity contribution < 1.29 is 22.3 Å². The van der Waals surface area contributed by atoms with Crippen LogP contribution in [0.4, 0.5) is 10.1 Å². The van der Waals surface area contributed by atoms with E-state index in [0.29, 0.717) is 31.6 Å². The minimum absolute atomic E-state index is 0.0398. The molecule has 2 saturated heterocycles. The molecule has 12 heteroatoms. The lowest BCUT2D eigenvalue weighted by atomic mass is 9.78. The van der Waals surface area contributed by atoms with Gasteiger partial charge < -0.3 is 14.5 Å². The van der Waals surface area contributed by atoms with Crippen LogP contribution in [0, 0.1) is 5.82 Å². The average molecular weight is 690 g/mol. The molecule has 0 radical (unpaired) electrons. The average Bonchev–Trinajstić information content (AvgIpc) is 3.06. The van der Waals surface area contributed by atoms with Crippen molar-refractivity contribution in [2.75, 3.05) is 63.8 Å². The highest BCUT2D eigenvalue weighted by molar-refractivity contribution is 7.92. The van der Waals surface area contributed by atoms with Crippen LogP contribution in [-0.2, 0) is 31.5 Å². The molecule has 1 atom stereocenters. The first-order chi connectivity index (χ1) is 22.1. The molecule has 0 aliphatic carbocycles. The highest BCUT2D eigenvalue weighted by atomic mass is 35.5. The third-order valence-corrected chi connectivity index (χ3v) is 12.3. The van der Waals surface area contributed by atoms with Crippen molar-refractivity contribution >= 4 is 44.8 Å². The lowest BCUT2D eigenvalue weighted by molar-refractivity contribution is -0.139. The van der Waals surface area contributed by atoms with Gasteiger partial charge in [0.1, 0.15) is 12.4 Å². The molecule has 46 heavy (non-hydrogen) atoms. The Morgan fingerprint density at radius 3 is 2.33 bits per heavy atom. The number of likely N-dealkylation sites (tertiary alicyclic amines) is 1. The number of piperazine rings is 1. The number of para-hydroxylation sites is 1. The second-order valence-corrected chi connectivity index (χ2v) is 15.1. The van der Waals surface area contributed by atoms with E-state index in [4.69, 9.17) is 27.9 Å². The van der Waals surface area contributed by atoms with E-state index >= 15 is 0 Å². The number of amides is 1. The molecule has 0 N–H and O–H groups in total. The summed E-state index contributed by atoms with van der Waals surface area (Å²) in [6.07, 6.45) is 2.71. The monoisotopic (exact) mass is 688 g/mol. The Hall–Kier alpha value is -2.73. The summed E-state index contributed by atoms with van der Waals surface area (Å²) < 4.78 is 49.2. The van der Waals surface area contributed by atoms with E-state index in [1.165, 1.54) is 34.6 Å². The van der Waals surface area contributed by atoms with Gasteiger partial charge in [0.05, 0.1) is 33.3 Å². The van der Waals surface area contributed by atoms with E-state index < -0.39 is 16.1 Å². The summed E-state index contributed by atoms with van der Waals surface area (Å²) in [6.45, 7) is 4.78. The summed E-state index contributed by atoms with van der Waals surface area (Å²) in [7, 11) is -1.89. The highest BCUT2D eigenvalue weighted by Crippen LogP contribution is 2.40. The Bertz CT molecular complexity index is 1660. The summed E-state index contributed by atoms with van der Waals surface area (Å²) in [4.78, 5) is 20.1. The van der Waals surface area contributed by atoms with Crippen LogP contribution in [0.1, 0.15) is 30.4 Å². The Balaban J connectivity index is 1.13. The first-order valence-electron chi connectivity index (χ1n) is 15.7. The molecule has 1 unspecified atom stereocenters. The smallest absolute Gasteiger partial charge is 0.264 e. The number of sulfonamides is 1. The SMILES string of the molecule is CN1CCN(C2(c3ccc(F)cc3)CCN(C(=O)COCC3CCc4ccccc4N3S(=O)(=O)c3ccc(Cl)c(Cl)c3)CC2)CC1. The maximum Gasteiger partial charge on any atom is 0.264 e. The lowest BCUT2D eigenvalue weighted by Gasteiger charge is -2.51. The normalized spacial score (nSPS) is 20.8. The second-order valence-electron chi connectivity index (χ2n) is 12.4. The zero-order valence-corrected chi connectivity index (χ0v) is 28.2. The molecule has 3 aliphatic rings. The number of likely N-dealkylation sites (N-methyl/N-ethyl adjacent to an activating group) is 1. The van der Waals surface area contributed by atoms with Crippen LogP contribution in [0.15, 0.2) is 71.6 Å². The number of carbonyl (C=O) groups excluding carboxylic acids is 1. The van der Waals surface area contributed by atoms with Crippen molar-refractivity contribution in [1.29, 1.82) is 0 Å². The molecular weight excluding hydrogens is 650 g/mol. The van der Waals surface area contributed by atoms with Crippen molar-refractivity contribution in [2.24, 2.45) is 0 Å². The molecule has 3 aliphatic heterocycles. The Kier molecular flexibility index (Phi) is 9.94. The molecule has 1 amide bonds. The van der Waals surface area contributed by atoms with Crippen LogP contribution < -0.4 is 4.31 Å². The zero-order chi connectivity index (χ0) is 32.5. The van der Waals surface area contributed by atoms with Crippen molar-refractivity contribution in [2.45, 2.75) is 42.2 Å². The van der Waals surface area contributed by atoms with Gasteiger partial charge in [0, 0.05) is 44.8 Å². The standard InChI is InChI=1S/C34H39Cl2FN4O4S/c1-38-18-20-40(21-19-38)34(26-7-9-27(37)10-8-26)14-16-39(17-15-34)33(42)24-45-23-28-11-6-25-4-2-3-5-32(25)41(28)46(43,44)29-12-13-30(35)31(36)22-29/h2-5,7-10,12-13,22,28H,6,11,14-21,23-24H2,1H3. The van der Waals surface area contributed by atoms with Crippen LogP contribution in [0.3, 0.4) is 0 Å². The van der Waals surface area contributed by atoms with Crippen molar-refractivity contribution in [3.8, 4) is 0 Å². The minimum Gasteiger partial charge on any atom is -0.369 e. The summed E-state index contributed by atoms with van der Waals surface area (Å²) in [5.74, 6) is -0.381. The number of rotatable bonds is 8. The molecule has 0 saturated carbocycles. The maximum absolute atomic E-state index is 14.0. The second kappa shape index (κ2) is 13.8. The quantitative estimate of drug-likeness (QED) is 0.315. The maximum atomic E-state index is 14.0. The van der Waals surface area contributed by atoms with Gasteiger partial charge in [0.15, 0.2) is 0 Å². The van der Waals surface area contributed by atoms with Gasteiger partial charge in [-0.15, -0.1) is 0 Å². The molecule has 0 spiro atoms. The number of hydrogen-bond acceptors (Lipinski definition) is 6. The Morgan fingerprint density at radius 2 is 1.63 bits per heavy atom. The number of aryl methyl sites for hydroxylation is 1. The number of anilines is 1. The number of benzene rings is 3. The number of nitrogens with zero attached hydrogens (tertiary/aromatic N) is 4. The molecule has 0 bridgehead atoms. The van der Waals surface area contributed by atoms with Crippen LogP contribution in [0.5, 0.6) is 0 Å². The van der Waals surface area contributed by atoms with Gasteiger partial charge in [-0.25, -0.2) is 12.8 Å². The van der Waals surface area contributed by atoms with Crippen molar-refractivity contribution in [3.63, 3.8) is 0 Å². The Labute approximate surface area is 280 Å². The summed E-state index contributed by atoms with van der Waals surface area (Å²) in [5.41, 5.74) is 2.35. The number of fused-ring (bicyclic) bond motifs is 1. The molecule has 6 rings (SSSR count). The van der Waals surface area contributed by atoms with E-state index in [1.807, 2.05) is 35.2 Å². The van der Waals surface area contributed by atoms with Gasteiger partial charge >= 0.3 is 0 Å². The lowest BCUT2D eigenvalue weighted by Crippen LogP contribution is -2.59. The van der Waals surface area contributed by atoms with Crippen molar-refractivity contribution in [3.05, 3.63) is 93.7 Å². The predicted molar refractivity (Wildman–Crippen MR) is 178 cm³/mol. The summed E-state index contributed by atoms with van der Waals surface area (Å²) in [5, 5.41) is 0.429. The van der Waals surface area contributed by atoms with Gasteiger partial charge in [-0.05, 0) is 80.3 Å². The van der Waals surface area contributed by atoms with Gasteiger partial charge in [0.25, 0.3) is 10.0 Å². The molecule has 3 heterocycles. The number of halogens is 3. The highest BCUT2D eigenvalue weighted by Gasteiger charge is 2.43. The minimum atomic E-state index is -4.01. The fraction of sp³-hybridized carbons (Fsp3) is 0.441. The molecule has 246 valence electrons. The van der Waals surface area contributed by atoms with Gasteiger partial charge in [-0.3, -0.25) is 14.0 Å². The first kappa shape index (κ1) is 33.2. The fourth-order valence-corrected chi connectivity index (χ4v) is 9.18. The fourth-order valence-electron chi connectivity index (χ4n) is 7.08. The van der Waals surface area contributed by atoms with E-state index in [2.05, 4.69) is 16.8 Å². The van der Waals surface area contributed by atoms with Crippen LogP contribution in [-0.4, -0.2) is 94.6 Å².